The summed E-state index contributed by atoms with van der Waals surface area (Å²) in [5.74, 6) is 3.33. The zero-order valence-corrected chi connectivity index (χ0v) is 10.5. The molecule has 0 aliphatic heterocycles. The highest BCUT2D eigenvalue weighted by molar-refractivity contribution is 4.71. The van der Waals surface area contributed by atoms with E-state index in [1.165, 1.54) is 6.54 Å². The molecule has 80 valence electrons. The van der Waals surface area contributed by atoms with Crippen LogP contribution in [0.4, 0.5) is 0 Å². The summed E-state index contributed by atoms with van der Waals surface area (Å²) in [6.07, 6.45) is 0. The summed E-state index contributed by atoms with van der Waals surface area (Å²) in [4.78, 5) is 1.58. The van der Waals surface area contributed by atoms with E-state index in [4.69, 9.17) is 0 Å². The third-order valence-electron chi connectivity index (χ3n) is 3.23. The van der Waals surface area contributed by atoms with E-state index >= 15 is 0 Å². The zero-order valence-electron chi connectivity index (χ0n) is 10.5. The van der Waals surface area contributed by atoms with Gasteiger partial charge >= 0.3 is 0 Å². The first kappa shape index (κ1) is 13.0. The van der Waals surface area contributed by atoms with E-state index in [1.54, 1.807) is 4.90 Å². The number of hydrogen-bond acceptors (Lipinski definition) is 0. The van der Waals surface area contributed by atoms with Gasteiger partial charge < -0.3 is 4.90 Å². The summed E-state index contributed by atoms with van der Waals surface area (Å²) in [5.41, 5.74) is 0. The number of quaternary nitrogens is 1. The van der Waals surface area contributed by atoms with Crippen LogP contribution in [0.15, 0.2) is 0 Å². The van der Waals surface area contributed by atoms with Gasteiger partial charge in [-0.1, -0.05) is 34.6 Å². The standard InChI is InChI=1S/C12H27N/c1-9(2)11(5)12(10(3)4)8-13(6)7/h9-12H,8H2,1-7H3/p+1. The van der Waals surface area contributed by atoms with E-state index in [1.807, 2.05) is 0 Å². The molecule has 0 radical (unpaired) electrons. The van der Waals surface area contributed by atoms with Crippen LogP contribution in [0.3, 0.4) is 0 Å². The lowest BCUT2D eigenvalue weighted by atomic mass is 9.78. The third kappa shape index (κ3) is 4.66. The molecule has 1 heteroatoms. The molecule has 0 aromatic rings. The fourth-order valence-corrected chi connectivity index (χ4v) is 1.99. The van der Waals surface area contributed by atoms with Gasteiger partial charge in [0.15, 0.2) is 0 Å². The molecule has 0 bridgehead atoms. The van der Waals surface area contributed by atoms with Gasteiger partial charge in [0.1, 0.15) is 0 Å². The van der Waals surface area contributed by atoms with Gasteiger partial charge in [-0.05, 0) is 17.8 Å². The van der Waals surface area contributed by atoms with Gasteiger partial charge in [-0.15, -0.1) is 0 Å². The van der Waals surface area contributed by atoms with Crippen molar-refractivity contribution >= 4 is 0 Å². The zero-order chi connectivity index (χ0) is 10.6. The van der Waals surface area contributed by atoms with E-state index in [0.29, 0.717) is 0 Å². The molecule has 0 amide bonds. The van der Waals surface area contributed by atoms with E-state index in [9.17, 15) is 0 Å². The summed E-state index contributed by atoms with van der Waals surface area (Å²) >= 11 is 0. The predicted molar refractivity (Wildman–Crippen MR) is 60.0 cm³/mol. The fraction of sp³-hybridized carbons (Fsp3) is 1.00. The molecule has 2 atom stereocenters. The van der Waals surface area contributed by atoms with Crippen molar-refractivity contribution in [1.82, 2.24) is 0 Å². The van der Waals surface area contributed by atoms with Gasteiger partial charge in [-0.3, -0.25) is 0 Å². The maximum Gasteiger partial charge on any atom is 0.0800 e. The Hall–Kier alpha value is -0.0400. The maximum atomic E-state index is 2.40. The van der Waals surface area contributed by atoms with Crippen LogP contribution in [0.5, 0.6) is 0 Å². The molecule has 0 rings (SSSR count). The van der Waals surface area contributed by atoms with Crippen molar-refractivity contribution < 1.29 is 4.90 Å². The van der Waals surface area contributed by atoms with Crippen LogP contribution in [0.1, 0.15) is 34.6 Å². The van der Waals surface area contributed by atoms with E-state index in [-0.39, 0.29) is 0 Å². The molecule has 0 saturated carbocycles. The molecule has 1 nitrogen and oxygen atoms in total. The lowest BCUT2D eigenvalue weighted by Gasteiger charge is -2.30. The van der Waals surface area contributed by atoms with Gasteiger partial charge in [-0.25, -0.2) is 0 Å². The lowest BCUT2D eigenvalue weighted by molar-refractivity contribution is -0.863. The molecule has 0 spiro atoms. The second-order valence-corrected chi connectivity index (χ2v) is 5.42. The Bertz CT molecular complexity index is 127. The summed E-state index contributed by atoms with van der Waals surface area (Å²) in [7, 11) is 4.50. The Labute approximate surface area is 84.5 Å². The molecular formula is C12H28N+. The highest BCUT2D eigenvalue weighted by Gasteiger charge is 2.25. The number of nitrogens with one attached hydrogen (secondary N) is 1. The Kier molecular flexibility index (Phi) is 5.62. The first-order valence-electron chi connectivity index (χ1n) is 5.65. The van der Waals surface area contributed by atoms with Gasteiger partial charge in [0, 0.05) is 5.92 Å². The SMILES string of the molecule is CC(C)C(C)C(C[NH+](C)C)C(C)C. The Balaban J connectivity index is 4.24. The van der Waals surface area contributed by atoms with Crippen molar-refractivity contribution in [2.24, 2.45) is 23.7 Å². The van der Waals surface area contributed by atoms with Crippen LogP contribution in [0.2, 0.25) is 0 Å². The van der Waals surface area contributed by atoms with Crippen LogP contribution in [0, 0.1) is 23.7 Å². The van der Waals surface area contributed by atoms with Crippen molar-refractivity contribution in [3.05, 3.63) is 0 Å². The summed E-state index contributed by atoms with van der Waals surface area (Å²) in [5, 5.41) is 0. The molecule has 13 heavy (non-hydrogen) atoms. The van der Waals surface area contributed by atoms with Crippen molar-refractivity contribution in [3.63, 3.8) is 0 Å². The van der Waals surface area contributed by atoms with E-state index < -0.39 is 0 Å². The minimum absolute atomic E-state index is 0.812. The van der Waals surface area contributed by atoms with E-state index in [2.05, 4.69) is 48.7 Å². The van der Waals surface area contributed by atoms with Gasteiger partial charge in [0.25, 0.3) is 0 Å². The second kappa shape index (κ2) is 5.64. The first-order chi connectivity index (χ1) is 5.86. The Morgan fingerprint density at radius 3 is 1.54 bits per heavy atom. The molecule has 0 aromatic carbocycles. The lowest BCUT2D eigenvalue weighted by Crippen LogP contribution is -3.06. The second-order valence-electron chi connectivity index (χ2n) is 5.42. The van der Waals surface area contributed by atoms with E-state index in [0.717, 1.165) is 23.7 Å². The molecule has 0 aliphatic carbocycles. The normalized spacial score (nSPS) is 17.1. The monoisotopic (exact) mass is 186 g/mol. The highest BCUT2D eigenvalue weighted by atomic mass is 15.1. The predicted octanol–water partition coefficient (Wildman–Crippen LogP) is 1.70. The van der Waals surface area contributed by atoms with Crippen molar-refractivity contribution in [2.45, 2.75) is 34.6 Å². The topological polar surface area (TPSA) is 4.44 Å². The minimum Gasteiger partial charge on any atom is -0.340 e. The van der Waals surface area contributed by atoms with Gasteiger partial charge in [-0.2, -0.15) is 0 Å². The van der Waals surface area contributed by atoms with Crippen LogP contribution in [-0.4, -0.2) is 20.6 Å². The van der Waals surface area contributed by atoms with Crippen LogP contribution >= 0.6 is 0 Å². The maximum absolute atomic E-state index is 2.40. The quantitative estimate of drug-likeness (QED) is 0.666. The van der Waals surface area contributed by atoms with Crippen LogP contribution < -0.4 is 4.90 Å². The van der Waals surface area contributed by atoms with Crippen LogP contribution in [0.25, 0.3) is 0 Å². The third-order valence-corrected chi connectivity index (χ3v) is 3.23. The smallest absolute Gasteiger partial charge is 0.0800 e. The molecule has 0 aromatic heterocycles. The number of rotatable bonds is 5. The van der Waals surface area contributed by atoms with Crippen molar-refractivity contribution in [1.29, 1.82) is 0 Å². The fourth-order valence-electron chi connectivity index (χ4n) is 1.99. The molecular weight excluding hydrogens is 158 g/mol. The van der Waals surface area contributed by atoms with Crippen molar-refractivity contribution in [3.8, 4) is 0 Å². The summed E-state index contributed by atoms with van der Waals surface area (Å²) < 4.78 is 0. The minimum atomic E-state index is 0.812. The average molecular weight is 186 g/mol. The molecule has 1 N–H and O–H groups in total. The molecule has 0 saturated heterocycles. The Morgan fingerprint density at radius 2 is 1.31 bits per heavy atom. The first-order valence-corrected chi connectivity index (χ1v) is 5.65. The number of hydrogen-bond donors (Lipinski definition) is 1. The molecule has 0 heterocycles. The molecule has 0 aliphatic rings. The summed E-state index contributed by atoms with van der Waals surface area (Å²) in [6, 6.07) is 0. The Morgan fingerprint density at radius 1 is 0.846 bits per heavy atom. The van der Waals surface area contributed by atoms with Crippen molar-refractivity contribution in [2.75, 3.05) is 20.6 Å². The molecule has 0 fully saturated rings. The average Bonchev–Trinajstić information content (AvgIpc) is 1.97. The van der Waals surface area contributed by atoms with Gasteiger partial charge in [0.2, 0.25) is 0 Å². The largest absolute Gasteiger partial charge is 0.340 e. The highest BCUT2D eigenvalue weighted by Crippen LogP contribution is 2.25. The molecule has 2 unspecified atom stereocenters. The summed E-state index contributed by atoms with van der Waals surface area (Å²) in [6.45, 7) is 13.1. The van der Waals surface area contributed by atoms with Crippen LogP contribution in [-0.2, 0) is 0 Å². The van der Waals surface area contributed by atoms with Gasteiger partial charge in [0.05, 0.1) is 20.6 Å².